The maximum Gasteiger partial charge on any atom is 0.305 e. The maximum atomic E-state index is 12.1. The molecule has 156 valence electrons. The monoisotopic (exact) mass is 518 g/mol. The number of aliphatic carboxylic acids is 1. The van der Waals surface area contributed by atoms with Crippen LogP contribution < -0.4 is 10.6 Å². The van der Waals surface area contributed by atoms with Crippen LogP contribution in [-0.2, 0) is 18.3 Å². The molecule has 1 aromatic carbocycles. The van der Waals surface area contributed by atoms with Crippen molar-refractivity contribution in [2.24, 2.45) is 13.0 Å². The highest BCUT2D eigenvalue weighted by Crippen LogP contribution is 2.22. The van der Waals surface area contributed by atoms with Crippen molar-refractivity contribution in [1.29, 1.82) is 0 Å². The highest BCUT2D eigenvalue weighted by Gasteiger charge is 2.16. The summed E-state index contributed by atoms with van der Waals surface area (Å²) in [6.07, 6.45) is 4.45. The number of hydrogen-bond donors (Lipinski definition) is 3. The van der Waals surface area contributed by atoms with Gasteiger partial charge in [0.2, 0.25) is 0 Å². The zero-order chi connectivity index (χ0) is 18.5. The number of piperidine rings is 1. The van der Waals surface area contributed by atoms with Crippen LogP contribution in [0.1, 0.15) is 41.9 Å². The van der Waals surface area contributed by atoms with Crippen molar-refractivity contribution in [2.45, 2.75) is 32.1 Å². The Morgan fingerprint density at radius 3 is 2.68 bits per heavy atom. The second kappa shape index (κ2) is 11.5. The molecule has 3 N–H and O–H groups in total. The third-order valence-corrected chi connectivity index (χ3v) is 5.09. The number of imidazole rings is 1. The lowest BCUT2D eigenvalue weighted by Gasteiger charge is -2.22. The number of amides is 1. The minimum Gasteiger partial charge on any atom is -0.481 e. The smallest absolute Gasteiger partial charge is 0.305 e. The van der Waals surface area contributed by atoms with Crippen molar-refractivity contribution in [3.63, 3.8) is 0 Å². The van der Waals surface area contributed by atoms with Crippen LogP contribution in [0.5, 0.6) is 0 Å². The molecule has 2 aromatic rings. The molecule has 3 rings (SSSR count). The first-order chi connectivity index (χ1) is 12.5. The quantitative estimate of drug-likeness (QED) is 0.522. The summed E-state index contributed by atoms with van der Waals surface area (Å²) in [6, 6.07) is 5.44. The molecular formula is C19H28Br2N4O3. The largest absolute Gasteiger partial charge is 0.481 e. The van der Waals surface area contributed by atoms with Gasteiger partial charge in [0.15, 0.2) is 0 Å². The van der Waals surface area contributed by atoms with Crippen LogP contribution in [0.15, 0.2) is 18.2 Å². The molecule has 0 bridgehead atoms. The van der Waals surface area contributed by atoms with Gasteiger partial charge in [0.05, 0.1) is 17.5 Å². The Morgan fingerprint density at radius 1 is 1.29 bits per heavy atom. The average Bonchev–Trinajstić information content (AvgIpc) is 2.96. The molecule has 0 radical (unpaired) electrons. The standard InChI is InChI=1S/C19H26N4O3.2BrH/c1-23-16-4-3-14(19(26)21-11-8-18(24)25)12-15(16)22-17(23)5-2-13-6-9-20-10-7-13;;/h3-4,12-13,20H,2,5-11H2,1H3,(H,21,26)(H,24,25);2*1H. The molecule has 1 amide bonds. The number of nitrogens with zero attached hydrogens (tertiary/aromatic N) is 2. The number of aromatic nitrogens is 2. The van der Waals surface area contributed by atoms with Crippen LogP contribution in [-0.4, -0.2) is 46.2 Å². The van der Waals surface area contributed by atoms with Crippen molar-refractivity contribution in [3.8, 4) is 0 Å². The van der Waals surface area contributed by atoms with Gasteiger partial charge in [-0.1, -0.05) is 0 Å². The summed E-state index contributed by atoms with van der Waals surface area (Å²) >= 11 is 0. The lowest BCUT2D eigenvalue weighted by Crippen LogP contribution is -2.28. The number of carboxylic acids is 1. The number of carboxylic acid groups (broad SMARTS) is 1. The summed E-state index contributed by atoms with van der Waals surface area (Å²) in [4.78, 5) is 27.4. The Balaban J connectivity index is 0.00000196. The van der Waals surface area contributed by atoms with Crippen molar-refractivity contribution in [1.82, 2.24) is 20.2 Å². The van der Waals surface area contributed by atoms with Crippen LogP contribution in [0.25, 0.3) is 11.0 Å². The summed E-state index contributed by atoms with van der Waals surface area (Å²) in [6.45, 7) is 2.33. The average molecular weight is 520 g/mol. The number of nitrogens with one attached hydrogen (secondary N) is 2. The lowest BCUT2D eigenvalue weighted by molar-refractivity contribution is -0.136. The van der Waals surface area contributed by atoms with Gasteiger partial charge in [0.1, 0.15) is 5.82 Å². The summed E-state index contributed by atoms with van der Waals surface area (Å²) < 4.78 is 2.10. The molecule has 9 heteroatoms. The minimum absolute atomic E-state index is 0. The fourth-order valence-electron chi connectivity index (χ4n) is 3.50. The van der Waals surface area contributed by atoms with E-state index in [1.807, 2.05) is 13.1 Å². The molecule has 1 aliphatic rings. The van der Waals surface area contributed by atoms with Crippen molar-refractivity contribution in [2.75, 3.05) is 19.6 Å². The Hall–Kier alpha value is -1.45. The number of carbonyl (C=O) groups excluding carboxylic acids is 1. The van der Waals surface area contributed by atoms with Crippen LogP contribution >= 0.6 is 34.0 Å². The van der Waals surface area contributed by atoms with Gasteiger partial charge in [-0.25, -0.2) is 4.98 Å². The maximum absolute atomic E-state index is 12.1. The molecule has 1 saturated heterocycles. The second-order valence-electron chi connectivity index (χ2n) is 6.92. The summed E-state index contributed by atoms with van der Waals surface area (Å²) in [5.41, 5.74) is 2.32. The zero-order valence-corrected chi connectivity index (χ0v) is 19.4. The van der Waals surface area contributed by atoms with Crippen molar-refractivity contribution < 1.29 is 14.7 Å². The van der Waals surface area contributed by atoms with Crippen molar-refractivity contribution >= 4 is 56.9 Å². The molecule has 0 spiro atoms. The van der Waals surface area contributed by atoms with Gasteiger partial charge < -0.3 is 20.3 Å². The van der Waals surface area contributed by atoms with E-state index in [1.165, 1.54) is 12.8 Å². The van der Waals surface area contributed by atoms with E-state index >= 15 is 0 Å². The first kappa shape index (κ1) is 24.6. The normalized spacial score (nSPS) is 14.2. The van der Waals surface area contributed by atoms with E-state index in [4.69, 9.17) is 10.1 Å². The summed E-state index contributed by atoms with van der Waals surface area (Å²) in [7, 11) is 2.01. The van der Waals surface area contributed by atoms with Crippen LogP contribution in [0.2, 0.25) is 0 Å². The number of rotatable bonds is 7. The van der Waals surface area contributed by atoms with Gasteiger partial charge in [0.25, 0.3) is 5.91 Å². The zero-order valence-electron chi connectivity index (χ0n) is 15.9. The molecule has 1 aliphatic heterocycles. The molecule has 0 aliphatic carbocycles. The minimum atomic E-state index is -0.927. The highest BCUT2D eigenvalue weighted by atomic mass is 79.9. The van der Waals surface area contributed by atoms with Gasteiger partial charge in [-0.3, -0.25) is 9.59 Å². The molecule has 28 heavy (non-hydrogen) atoms. The molecule has 0 atom stereocenters. The Morgan fingerprint density at radius 2 is 2.00 bits per heavy atom. The third-order valence-electron chi connectivity index (χ3n) is 5.09. The molecule has 1 aromatic heterocycles. The number of benzene rings is 1. The van der Waals surface area contributed by atoms with E-state index in [9.17, 15) is 9.59 Å². The van der Waals surface area contributed by atoms with Gasteiger partial charge >= 0.3 is 5.97 Å². The Bertz CT molecular complexity index is 804. The number of hydrogen-bond acceptors (Lipinski definition) is 4. The van der Waals surface area contributed by atoms with Crippen molar-refractivity contribution in [3.05, 3.63) is 29.6 Å². The molecule has 0 saturated carbocycles. The SMILES string of the molecule is Br.Br.Cn1c(CCC2CCNCC2)nc2cc(C(=O)NCCC(=O)O)ccc21. The van der Waals surface area contributed by atoms with Crippen LogP contribution in [0.3, 0.4) is 0 Å². The lowest BCUT2D eigenvalue weighted by atomic mass is 9.93. The Labute approximate surface area is 185 Å². The van der Waals surface area contributed by atoms with E-state index in [2.05, 4.69) is 15.2 Å². The fourth-order valence-corrected chi connectivity index (χ4v) is 3.50. The third kappa shape index (κ3) is 6.28. The topological polar surface area (TPSA) is 96.3 Å². The van der Waals surface area contributed by atoms with Crippen LogP contribution in [0, 0.1) is 5.92 Å². The summed E-state index contributed by atoms with van der Waals surface area (Å²) in [5.74, 6) is 0.604. The molecule has 0 unspecified atom stereocenters. The van der Waals surface area contributed by atoms with E-state index in [0.717, 1.165) is 48.7 Å². The molecule has 2 heterocycles. The predicted octanol–water partition coefficient (Wildman–Crippen LogP) is 2.87. The van der Waals surface area contributed by atoms with Gasteiger partial charge in [-0.2, -0.15) is 0 Å². The predicted molar refractivity (Wildman–Crippen MR) is 120 cm³/mol. The first-order valence-electron chi connectivity index (χ1n) is 9.20. The Kier molecular flexibility index (Phi) is 10.1. The van der Waals surface area contributed by atoms with E-state index < -0.39 is 5.97 Å². The van der Waals surface area contributed by atoms with E-state index in [0.29, 0.717) is 5.56 Å². The number of halogens is 2. The second-order valence-corrected chi connectivity index (χ2v) is 6.92. The number of carbonyl (C=O) groups is 2. The molecule has 7 nitrogen and oxygen atoms in total. The van der Waals surface area contributed by atoms with Crippen LogP contribution in [0.4, 0.5) is 0 Å². The van der Waals surface area contributed by atoms with Gasteiger partial charge in [-0.15, -0.1) is 34.0 Å². The molecular weight excluding hydrogens is 492 g/mol. The fraction of sp³-hybridized carbons (Fsp3) is 0.526. The van der Waals surface area contributed by atoms with Gasteiger partial charge in [-0.05, 0) is 56.5 Å². The number of aryl methyl sites for hydroxylation is 2. The molecule has 1 fully saturated rings. The first-order valence-corrected chi connectivity index (χ1v) is 9.20. The number of fused-ring (bicyclic) bond motifs is 1. The van der Waals surface area contributed by atoms with Gasteiger partial charge in [0, 0.05) is 25.6 Å². The van der Waals surface area contributed by atoms with E-state index in [-0.39, 0.29) is 52.8 Å². The van der Waals surface area contributed by atoms with E-state index in [1.54, 1.807) is 12.1 Å². The summed E-state index contributed by atoms with van der Waals surface area (Å²) in [5, 5.41) is 14.7. The highest BCUT2D eigenvalue weighted by molar-refractivity contribution is 8.93.